The lowest BCUT2D eigenvalue weighted by Crippen LogP contribution is -2.51. The summed E-state index contributed by atoms with van der Waals surface area (Å²) in [6.45, 7) is 0.699. The zero-order valence-corrected chi connectivity index (χ0v) is 15.8. The molecule has 2 aromatic carbocycles. The Balaban J connectivity index is 1.55. The SMILES string of the molecule is N[C@@H](CCNC1(C(=O)OCc2ccccc2)CCCC1)c1cc(F)cc(F)c1. The molecule has 0 spiro atoms. The molecule has 0 radical (unpaired) electrons. The Morgan fingerprint density at radius 3 is 2.39 bits per heavy atom. The number of carbonyl (C=O) groups is 1. The van der Waals surface area contributed by atoms with Gasteiger partial charge in [0.1, 0.15) is 23.8 Å². The summed E-state index contributed by atoms with van der Waals surface area (Å²) >= 11 is 0. The van der Waals surface area contributed by atoms with Gasteiger partial charge in [-0.3, -0.25) is 4.79 Å². The second-order valence-electron chi connectivity index (χ2n) is 7.38. The van der Waals surface area contributed by atoms with Gasteiger partial charge in [0.25, 0.3) is 0 Å². The zero-order valence-electron chi connectivity index (χ0n) is 15.8. The van der Waals surface area contributed by atoms with E-state index in [1.165, 1.54) is 12.1 Å². The van der Waals surface area contributed by atoms with Crippen molar-refractivity contribution >= 4 is 5.97 Å². The van der Waals surface area contributed by atoms with Gasteiger partial charge < -0.3 is 15.8 Å². The largest absolute Gasteiger partial charge is 0.459 e. The van der Waals surface area contributed by atoms with Crippen molar-refractivity contribution in [1.29, 1.82) is 0 Å². The Kier molecular flexibility index (Phi) is 6.75. The first-order valence-corrected chi connectivity index (χ1v) is 9.66. The van der Waals surface area contributed by atoms with E-state index < -0.39 is 23.2 Å². The van der Waals surface area contributed by atoms with Crippen LogP contribution in [0.4, 0.5) is 8.78 Å². The van der Waals surface area contributed by atoms with Crippen molar-refractivity contribution in [1.82, 2.24) is 5.32 Å². The van der Waals surface area contributed by atoms with Crippen LogP contribution in [0.1, 0.15) is 49.3 Å². The number of nitrogens with one attached hydrogen (secondary N) is 1. The number of carbonyl (C=O) groups excluding carboxylic acids is 1. The summed E-state index contributed by atoms with van der Waals surface area (Å²) in [7, 11) is 0. The summed E-state index contributed by atoms with van der Waals surface area (Å²) in [5.41, 5.74) is 6.73. The molecule has 0 unspecified atom stereocenters. The lowest BCUT2D eigenvalue weighted by Gasteiger charge is -2.29. The summed E-state index contributed by atoms with van der Waals surface area (Å²) in [4.78, 5) is 12.8. The predicted molar refractivity (Wildman–Crippen MR) is 103 cm³/mol. The molecule has 1 atom stereocenters. The van der Waals surface area contributed by atoms with E-state index in [0.717, 1.165) is 24.5 Å². The second kappa shape index (κ2) is 9.26. The van der Waals surface area contributed by atoms with Gasteiger partial charge in [0.15, 0.2) is 0 Å². The summed E-state index contributed by atoms with van der Waals surface area (Å²) < 4.78 is 32.3. The topological polar surface area (TPSA) is 64.3 Å². The van der Waals surface area contributed by atoms with Crippen LogP contribution in [0.25, 0.3) is 0 Å². The third kappa shape index (κ3) is 5.14. The first-order chi connectivity index (χ1) is 13.5. The maximum atomic E-state index is 13.4. The summed E-state index contributed by atoms with van der Waals surface area (Å²) in [6.07, 6.45) is 3.79. The molecular formula is C22H26F2N2O2. The lowest BCUT2D eigenvalue weighted by atomic mass is 9.96. The zero-order chi connectivity index (χ0) is 20.0. The Labute approximate surface area is 164 Å². The molecule has 0 aliphatic heterocycles. The van der Waals surface area contributed by atoms with E-state index in [1.807, 2.05) is 30.3 Å². The van der Waals surface area contributed by atoms with E-state index >= 15 is 0 Å². The number of ether oxygens (including phenoxy) is 1. The maximum Gasteiger partial charge on any atom is 0.326 e. The molecule has 0 aromatic heterocycles. The molecule has 2 aromatic rings. The molecular weight excluding hydrogens is 362 g/mol. The van der Waals surface area contributed by atoms with Crippen molar-refractivity contribution in [3.8, 4) is 0 Å². The summed E-state index contributed by atoms with van der Waals surface area (Å²) in [5.74, 6) is -1.54. The van der Waals surface area contributed by atoms with Gasteiger partial charge in [-0.2, -0.15) is 0 Å². The van der Waals surface area contributed by atoms with Gasteiger partial charge in [-0.05, 0) is 49.1 Å². The number of hydrogen-bond donors (Lipinski definition) is 2. The molecule has 0 saturated heterocycles. The predicted octanol–water partition coefficient (Wildman–Crippen LogP) is 4.00. The molecule has 3 N–H and O–H groups in total. The van der Waals surface area contributed by atoms with Crippen molar-refractivity contribution < 1.29 is 18.3 Å². The lowest BCUT2D eigenvalue weighted by molar-refractivity contribution is -0.153. The molecule has 1 saturated carbocycles. The van der Waals surface area contributed by atoms with Crippen LogP contribution in [0.15, 0.2) is 48.5 Å². The van der Waals surface area contributed by atoms with Gasteiger partial charge in [-0.15, -0.1) is 0 Å². The second-order valence-corrected chi connectivity index (χ2v) is 7.38. The third-order valence-electron chi connectivity index (χ3n) is 5.29. The van der Waals surface area contributed by atoms with E-state index in [0.29, 0.717) is 31.4 Å². The fourth-order valence-electron chi connectivity index (χ4n) is 3.72. The van der Waals surface area contributed by atoms with E-state index in [4.69, 9.17) is 10.5 Å². The minimum atomic E-state index is -0.707. The monoisotopic (exact) mass is 388 g/mol. The van der Waals surface area contributed by atoms with Crippen molar-refractivity contribution in [2.24, 2.45) is 5.73 Å². The van der Waals surface area contributed by atoms with E-state index in [-0.39, 0.29) is 12.6 Å². The number of esters is 1. The minimum absolute atomic E-state index is 0.241. The molecule has 150 valence electrons. The van der Waals surface area contributed by atoms with Crippen LogP contribution < -0.4 is 11.1 Å². The Morgan fingerprint density at radius 2 is 1.75 bits per heavy atom. The van der Waals surface area contributed by atoms with Crippen molar-refractivity contribution in [2.45, 2.75) is 50.3 Å². The fourth-order valence-corrected chi connectivity index (χ4v) is 3.72. The molecule has 0 heterocycles. The molecule has 1 aliphatic rings. The van der Waals surface area contributed by atoms with Gasteiger partial charge in [0.05, 0.1) is 0 Å². The van der Waals surface area contributed by atoms with Gasteiger partial charge in [-0.25, -0.2) is 8.78 Å². The smallest absolute Gasteiger partial charge is 0.326 e. The highest BCUT2D eigenvalue weighted by atomic mass is 19.1. The van der Waals surface area contributed by atoms with E-state index in [9.17, 15) is 13.6 Å². The number of nitrogens with two attached hydrogens (primary N) is 1. The van der Waals surface area contributed by atoms with E-state index in [1.54, 1.807) is 0 Å². The quantitative estimate of drug-likeness (QED) is 0.671. The van der Waals surface area contributed by atoms with Gasteiger partial charge in [-0.1, -0.05) is 43.2 Å². The standard InChI is InChI=1S/C22H26F2N2O2/c23-18-12-17(13-19(24)14-18)20(25)8-11-26-22(9-4-5-10-22)21(27)28-15-16-6-2-1-3-7-16/h1-3,6-7,12-14,20,26H,4-5,8-11,15,25H2/t20-/m0/s1. The molecule has 0 bridgehead atoms. The van der Waals surface area contributed by atoms with Crippen LogP contribution in [0.2, 0.25) is 0 Å². The van der Waals surface area contributed by atoms with Crippen LogP contribution in [-0.4, -0.2) is 18.1 Å². The molecule has 28 heavy (non-hydrogen) atoms. The Bertz CT molecular complexity index is 772. The average molecular weight is 388 g/mol. The van der Waals surface area contributed by atoms with Crippen molar-refractivity contribution in [2.75, 3.05) is 6.54 Å². The maximum absolute atomic E-state index is 13.4. The minimum Gasteiger partial charge on any atom is -0.459 e. The van der Waals surface area contributed by atoms with Crippen LogP contribution >= 0.6 is 0 Å². The highest BCUT2D eigenvalue weighted by molar-refractivity contribution is 5.81. The number of hydrogen-bond acceptors (Lipinski definition) is 4. The molecule has 0 amide bonds. The van der Waals surface area contributed by atoms with Crippen LogP contribution in [0.5, 0.6) is 0 Å². The van der Waals surface area contributed by atoms with Crippen molar-refractivity contribution in [3.63, 3.8) is 0 Å². The highest BCUT2D eigenvalue weighted by Crippen LogP contribution is 2.31. The third-order valence-corrected chi connectivity index (χ3v) is 5.29. The number of halogens is 2. The molecule has 4 nitrogen and oxygen atoms in total. The Hall–Kier alpha value is -2.31. The normalized spacial score (nSPS) is 16.7. The van der Waals surface area contributed by atoms with Crippen LogP contribution in [-0.2, 0) is 16.1 Å². The molecule has 1 fully saturated rings. The van der Waals surface area contributed by atoms with Crippen molar-refractivity contribution in [3.05, 3.63) is 71.3 Å². The van der Waals surface area contributed by atoms with E-state index in [2.05, 4.69) is 5.32 Å². The van der Waals surface area contributed by atoms with Crippen LogP contribution in [0.3, 0.4) is 0 Å². The molecule has 1 aliphatic carbocycles. The molecule has 6 heteroatoms. The average Bonchev–Trinajstić information content (AvgIpc) is 3.16. The first kappa shape index (κ1) is 20.4. The fraction of sp³-hybridized carbons (Fsp3) is 0.409. The summed E-state index contributed by atoms with van der Waals surface area (Å²) in [6, 6.07) is 12.4. The number of benzene rings is 2. The molecule has 3 rings (SSSR count). The highest BCUT2D eigenvalue weighted by Gasteiger charge is 2.42. The van der Waals surface area contributed by atoms with Gasteiger partial charge >= 0.3 is 5.97 Å². The van der Waals surface area contributed by atoms with Gasteiger partial charge in [0.2, 0.25) is 0 Å². The number of rotatable bonds is 8. The van der Waals surface area contributed by atoms with Gasteiger partial charge in [0, 0.05) is 12.1 Å². The first-order valence-electron chi connectivity index (χ1n) is 9.66. The van der Waals surface area contributed by atoms with Crippen LogP contribution in [0, 0.1) is 11.6 Å². The Morgan fingerprint density at radius 1 is 1.11 bits per heavy atom. The summed E-state index contributed by atoms with van der Waals surface area (Å²) in [5, 5.41) is 3.32.